The van der Waals surface area contributed by atoms with Gasteiger partial charge in [0.25, 0.3) is 0 Å². The second-order valence-electron chi connectivity index (χ2n) is 4.64. The molecule has 0 aliphatic carbocycles. The van der Waals surface area contributed by atoms with Gasteiger partial charge in [0.1, 0.15) is 6.33 Å². The molecule has 0 aliphatic rings. The highest BCUT2D eigenvalue weighted by molar-refractivity contribution is 5.75. The van der Waals surface area contributed by atoms with Gasteiger partial charge in [-0.05, 0) is 30.7 Å². The van der Waals surface area contributed by atoms with E-state index in [4.69, 9.17) is 0 Å². The Kier molecular flexibility index (Phi) is 4.80. The summed E-state index contributed by atoms with van der Waals surface area (Å²) in [6.45, 7) is 6.01. The van der Waals surface area contributed by atoms with Crippen molar-refractivity contribution in [2.45, 2.75) is 39.8 Å². The van der Waals surface area contributed by atoms with Crippen LogP contribution < -0.4 is 5.32 Å². The third kappa shape index (κ3) is 3.87. The molecule has 1 N–H and O–H groups in total. The van der Waals surface area contributed by atoms with Crippen molar-refractivity contribution < 1.29 is 4.79 Å². The number of hydrogen-bond acceptors (Lipinski definition) is 5. The lowest BCUT2D eigenvalue weighted by Crippen LogP contribution is -2.27. The number of aryl methyl sites for hydroxylation is 2. The van der Waals surface area contributed by atoms with E-state index in [1.165, 1.54) is 0 Å². The highest BCUT2D eigenvalue weighted by atomic mass is 16.1. The van der Waals surface area contributed by atoms with E-state index in [1.807, 2.05) is 18.4 Å². The van der Waals surface area contributed by atoms with Gasteiger partial charge in [0, 0.05) is 31.7 Å². The van der Waals surface area contributed by atoms with Crippen LogP contribution in [-0.2, 0) is 17.9 Å². The van der Waals surface area contributed by atoms with Gasteiger partial charge >= 0.3 is 0 Å². The van der Waals surface area contributed by atoms with Crippen LogP contribution in [-0.4, -0.2) is 42.2 Å². The molecule has 0 aliphatic heterocycles. The number of carbonyl (C=O) groups excluding carboxylic acids is 1. The van der Waals surface area contributed by atoms with Gasteiger partial charge in [0.05, 0.1) is 12.0 Å². The molecule has 2 rings (SSSR count). The van der Waals surface area contributed by atoms with Gasteiger partial charge in [-0.15, -0.1) is 5.10 Å². The fourth-order valence-electron chi connectivity index (χ4n) is 1.86. The molecule has 2 aromatic rings. The molecule has 108 valence electrons. The summed E-state index contributed by atoms with van der Waals surface area (Å²) in [5.41, 5.74) is 2.16. The van der Waals surface area contributed by atoms with Gasteiger partial charge in [-0.2, -0.15) is 0 Å². The van der Waals surface area contributed by atoms with Crippen LogP contribution >= 0.6 is 0 Å². The van der Waals surface area contributed by atoms with E-state index in [9.17, 15) is 4.79 Å². The predicted octanol–water partition coefficient (Wildman–Crippen LogP) is 0.0830. The lowest BCUT2D eigenvalue weighted by Gasteiger charge is -2.07. The number of hydrogen-bond donors (Lipinski definition) is 1. The summed E-state index contributed by atoms with van der Waals surface area (Å²) in [6, 6.07) is 0. The van der Waals surface area contributed by atoms with Crippen LogP contribution in [0.3, 0.4) is 0 Å². The summed E-state index contributed by atoms with van der Waals surface area (Å²) in [5.74, 6) is 0.0487. The number of rotatable bonds is 7. The Morgan fingerprint density at radius 3 is 2.80 bits per heavy atom. The van der Waals surface area contributed by atoms with E-state index in [-0.39, 0.29) is 5.91 Å². The zero-order valence-corrected chi connectivity index (χ0v) is 11.8. The van der Waals surface area contributed by atoms with Gasteiger partial charge in [0.2, 0.25) is 5.91 Å². The summed E-state index contributed by atoms with van der Waals surface area (Å²) in [5, 5.41) is 13.7. The Balaban J connectivity index is 1.61. The van der Waals surface area contributed by atoms with Gasteiger partial charge in [-0.25, -0.2) is 9.67 Å². The number of tetrazole rings is 1. The van der Waals surface area contributed by atoms with Crippen LogP contribution in [0, 0.1) is 13.8 Å². The minimum atomic E-state index is 0.0487. The normalized spacial score (nSPS) is 10.7. The number of amides is 1. The van der Waals surface area contributed by atoms with E-state index < -0.39 is 0 Å². The second-order valence-corrected chi connectivity index (χ2v) is 4.64. The molecule has 1 amide bonds. The molecular weight excluding hydrogens is 258 g/mol. The highest BCUT2D eigenvalue weighted by Gasteiger charge is 2.04. The number of carbonyl (C=O) groups is 1. The predicted molar refractivity (Wildman–Crippen MR) is 71.8 cm³/mol. The first-order valence-corrected chi connectivity index (χ1v) is 6.62. The number of nitrogens with one attached hydrogen (secondary N) is 1. The van der Waals surface area contributed by atoms with Crippen molar-refractivity contribution >= 4 is 5.91 Å². The molecule has 0 spiro atoms. The highest BCUT2D eigenvalue weighted by Crippen LogP contribution is 2.03. The third-order valence-corrected chi connectivity index (χ3v) is 3.20. The lowest BCUT2D eigenvalue weighted by atomic mass is 10.3. The molecule has 8 nitrogen and oxygen atoms in total. The summed E-state index contributed by atoms with van der Waals surface area (Å²) in [4.78, 5) is 15.9. The molecule has 0 aromatic carbocycles. The second kappa shape index (κ2) is 6.78. The zero-order valence-electron chi connectivity index (χ0n) is 11.8. The Bertz CT molecular complexity index is 546. The van der Waals surface area contributed by atoms with E-state index in [1.54, 1.807) is 17.3 Å². The average Bonchev–Trinajstić information content (AvgIpc) is 3.04. The Morgan fingerprint density at radius 1 is 1.30 bits per heavy atom. The maximum atomic E-state index is 11.7. The summed E-state index contributed by atoms with van der Waals surface area (Å²) in [6.07, 6.45) is 4.54. The number of aromatic nitrogens is 6. The molecule has 8 heteroatoms. The summed E-state index contributed by atoms with van der Waals surface area (Å²) in [7, 11) is 0. The molecule has 0 unspecified atom stereocenters. The van der Waals surface area contributed by atoms with E-state index in [2.05, 4.69) is 25.8 Å². The Hall–Kier alpha value is -2.25. The largest absolute Gasteiger partial charge is 0.354 e. The maximum Gasteiger partial charge on any atom is 0.220 e. The molecule has 2 heterocycles. The van der Waals surface area contributed by atoms with Crippen molar-refractivity contribution in [2.24, 2.45) is 0 Å². The zero-order chi connectivity index (χ0) is 14.4. The summed E-state index contributed by atoms with van der Waals surface area (Å²) < 4.78 is 3.65. The molecule has 0 saturated carbocycles. The molecule has 2 aromatic heterocycles. The van der Waals surface area contributed by atoms with Crippen LogP contribution in [0.25, 0.3) is 0 Å². The number of imidazole rings is 1. The maximum absolute atomic E-state index is 11.7. The molecule has 0 bridgehead atoms. The molecular formula is C12H19N7O. The first kappa shape index (κ1) is 14.2. The quantitative estimate of drug-likeness (QED) is 0.774. The van der Waals surface area contributed by atoms with E-state index in [0.717, 1.165) is 24.4 Å². The summed E-state index contributed by atoms with van der Waals surface area (Å²) >= 11 is 0. The first-order valence-electron chi connectivity index (χ1n) is 6.62. The molecule has 0 atom stereocenters. The first-order chi connectivity index (χ1) is 9.66. The minimum absolute atomic E-state index is 0.0487. The van der Waals surface area contributed by atoms with Gasteiger partial charge in [0.15, 0.2) is 0 Å². The minimum Gasteiger partial charge on any atom is -0.354 e. The van der Waals surface area contributed by atoms with Gasteiger partial charge in [-0.1, -0.05) is 0 Å². The lowest BCUT2D eigenvalue weighted by molar-refractivity contribution is -0.121. The Morgan fingerprint density at radius 2 is 2.15 bits per heavy atom. The van der Waals surface area contributed by atoms with Crippen LogP contribution in [0.4, 0.5) is 0 Å². The van der Waals surface area contributed by atoms with E-state index >= 15 is 0 Å². The van der Waals surface area contributed by atoms with Crippen molar-refractivity contribution in [1.82, 2.24) is 35.1 Å². The smallest absolute Gasteiger partial charge is 0.220 e. The fraction of sp³-hybridized carbons (Fsp3) is 0.583. The van der Waals surface area contributed by atoms with Crippen LogP contribution in [0.2, 0.25) is 0 Å². The molecule has 20 heavy (non-hydrogen) atoms. The monoisotopic (exact) mass is 277 g/mol. The van der Waals surface area contributed by atoms with Crippen molar-refractivity contribution in [2.75, 3.05) is 6.54 Å². The molecule has 0 saturated heterocycles. The van der Waals surface area contributed by atoms with Crippen molar-refractivity contribution in [1.29, 1.82) is 0 Å². The topological polar surface area (TPSA) is 90.5 Å². The van der Waals surface area contributed by atoms with Crippen molar-refractivity contribution in [3.8, 4) is 0 Å². The van der Waals surface area contributed by atoms with Gasteiger partial charge in [-0.3, -0.25) is 4.79 Å². The molecule has 0 radical (unpaired) electrons. The van der Waals surface area contributed by atoms with Crippen LogP contribution in [0.15, 0.2) is 12.7 Å². The average molecular weight is 277 g/mol. The van der Waals surface area contributed by atoms with Crippen LogP contribution in [0.1, 0.15) is 24.2 Å². The van der Waals surface area contributed by atoms with Crippen LogP contribution in [0.5, 0.6) is 0 Å². The fourth-order valence-corrected chi connectivity index (χ4v) is 1.86. The SMILES string of the molecule is Cc1ncn(CCNC(=O)CCCn2cnnn2)c1C. The Labute approximate surface area is 117 Å². The number of nitrogens with zero attached hydrogens (tertiary/aromatic N) is 6. The molecule has 0 fully saturated rings. The third-order valence-electron chi connectivity index (χ3n) is 3.20. The van der Waals surface area contributed by atoms with Crippen molar-refractivity contribution in [3.05, 3.63) is 24.0 Å². The van der Waals surface area contributed by atoms with Crippen molar-refractivity contribution in [3.63, 3.8) is 0 Å². The van der Waals surface area contributed by atoms with Gasteiger partial charge < -0.3 is 9.88 Å². The standard InChI is InChI=1S/C12H19N7O/c1-10-11(2)18(8-14-10)7-5-13-12(20)4-3-6-19-9-15-16-17-19/h8-9H,3-7H2,1-2H3,(H,13,20). The van der Waals surface area contributed by atoms with E-state index in [0.29, 0.717) is 19.5 Å².